The quantitative estimate of drug-likeness (QED) is 0.657. The van der Waals surface area contributed by atoms with E-state index >= 15 is 0 Å². The summed E-state index contributed by atoms with van der Waals surface area (Å²) < 4.78 is 11.3. The summed E-state index contributed by atoms with van der Waals surface area (Å²) in [6.07, 6.45) is 5.36. The van der Waals surface area contributed by atoms with Crippen LogP contribution in [0, 0.1) is 0 Å². The summed E-state index contributed by atoms with van der Waals surface area (Å²) in [5, 5.41) is 19.3. The number of imidazole rings is 1. The number of carboxylic acid groups (broad SMARTS) is 1. The fraction of sp³-hybridized carbons (Fsp3) is 0.412. The molecule has 3 N–H and O–H groups in total. The molecule has 0 amide bonds. The van der Waals surface area contributed by atoms with Gasteiger partial charge < -0.3 is 24.5 Å². The average molecular weight is 357 g/mol. The molecule has 26 heavy (non-hydrogen) atoms. The van der Waals surface area contributed by atoms with Crippen LogP contribution in [-0.4, -0.2) is 63.8 Å². The van der Waals surface area contributed by atoms with E-state index in [0.29, 0.717) is 18.5 Å². The Bertz CT molecular complexity index is 792. The molecule has 1 saturated heterocycles. The Balaban J connectivity index is 1.39. The third-order valence-electron chi connectivity index (χ3n) is 4.80. The normalized spacial score (nSPS) is 17.3. The maximum Gasteiger partial charge on any atom is 0.522 e. The van der Waals surface area contributed by atoms with Gasteiger partial charge in [-0.15, -0.1) is 0 Å². The molecule has 136 valence electrons. The summed E-state index contributed by atoms with van der Waals surface area (Å²) >= 11 is 0. The molecule has 0 aliphatic carbocycles. The fourth-order valence-corrected chi connectivity index (χ4v) is 3.37. The molecule has 0 saturated carbocycles. The van der Waals surface area contributed by atoms with Crippen LogP contribution in [0.3, 0.4) is 0 Å². The molecule has 2 aliphatic rings. The number of rotatable bonds is 6. The minimum atomic E-state index is -1.11. The number of likely N-dealkylation sites (tertiary alicyclic amines) is 1. The molecule has 1 aromatic heterocycles. The van der Waals surface area contributed by atoms with Crippen molar-refractivity contribution in [3.05, 3.63) is 41.5 Å². The number of aromatic carboxylic acids is 1. The van der Waals surface area contributed by atoms with Gasteiger partial charge in [0.05, 0.1) is 6.33 Å². The maximum atomic E-state index is 11.7. The van der Waals surface area contributed by atoms with Crippen LogP contribution in [0.5, 0.6) is 11.5 Å². The van der Waals surface area contributed by atoms with Crippen molar-refractivity contribution in [2.45, 2.75) is 25.3 Å². The molecular weight excluding hydrogens is 337 g/mol. The lowest BCUT2D eigenvalue weighted by molar-refractivity contribution is 0.0195. The van der Waals surface area contributed by atoms with Gasteiger partial charge >= 0.3 is 13.1 Å². The number of nitrogens with zero attached hydrogens (tertiary/aromatic N) is 2. The molecule has 0 bridgehead atoms. The van der Waals surface area contributed by atoms with E-state index in [1.54, 1.807) is 12.4 Å². The summed E-state index contributed by atoms with van der Waals surface area (Å²) in [4.78, 5) is 21.0. The number of benzene rings is 1. The van der Waals surface area contributed by atoms with E-state index in [0.717, 1.165) is 37.3 Å². The number of ether oxygens (including phenoxy) is 1. The maximum absolute atomic E-state index is 11.7. The number of aromatic nitrogens is 2. The molecule has 0 unspecified atom stereocenters. The summed E-state index contributed by atoms with van der Waals surface area (Å²) in [7, 11) is -0.975. The van der Waals surface area contributed by atoms with Crippen LogP contribution in [0.2, 0.25) is 6.32 Å². The molecule has 8 nitrogen and oxygen atoms in total. The number of carbonyl (C=O) groups is 1. The van der Waals surface area contributed by atoms with Crippen LogP contribution in [0.15, 0.2) is 24.7 Å². The lowest BCUT2D eigenvalue weighted by Gasteiger charge is -2.39. The second kappa shape index (κ2) is 7.01. The first-order valence-corrected chi connectivity index (χ1v) is 8.70. The topological polar surface area (TPSA) is 108 Å². The molecule has 1 aromatic carbocycles. The Kier molecular flexibility index (Phi) is 4.56. The van der Waals surface area contributed by atoms with E-state index in [4.69, 9.17) is 9.39 Å². The van der Waals surface area contributed by atoms with Crippen molar-refractivity contribution in [1.29, 1.82) is 0 Å². The number of fused-ring (bicyclic) bond motifs is 1. The van der Waals surface area contributed by atoms with Crippen LogP contribution in [0.1, 0.15) is 21.6 Å². The molecule has 2 aliphatic heterocycles. The Hall–Kier alpha value is -2.52. The Labute approximate surface area is 150 Å². The molecule has 4 rings (SSSR count). The van der Waals surface area contributed by atoms with Crippen LogP contribution in [0.4, 0.5) is 0 Å². The van der Waals surface area contributed by atoms with Crippen molar-refractivity contribution in [3.63, 3.8) is 0 Å². The first kappa shape index (κ1) is 16.9. The number of aryl methyl sites for hydroxylation is 1. The van der Waals surface area contributed by atoms with Crippen LogP contribution < -0.4 is 9.39 Å². The highest BCUT2D eigenvalue weighted by molar-refractivity contribution is 6.44. The zero-order chi connectivity index (χ0) is 18.1. The highest BCUT2D eigenvalue weighted by Crippen LogP contribution is 2.37. The predicted molar refractivity (Wildman–Crippen MR) is 93.7 cm³/mol. The van der Waals surface area contributed by atoms with Gasteiger partial charge in [-0.25, -0.2) is 9.78 Å². The lowest BCUT2D eigenvalue weighted by Crippen LogP contribution is -2.54. The van der Waals surface area contributed by atoms with Gasteiger partial charge in [-0.05, 0) is 24.4 Å². The summed E-state index contributed by atoms with van der Waals surface area (Å²) in [5.41, 5.74) is 1.87. The fourth-order valence-electron chi connectivity index (χ4n) is 3.37. The SMILES string of the molecule is O=C(O)c1c(OC2CN(CCc3cnc[nH]3)C2)ccc2c1OB(O)CC2. The van der Waals surface area contributed by atoms with Crippen molar-refractivity contribution in [1.82, 2.24) is 14.9 Å². The van der Waals surface area contributed by atoms with Gasteiger partial charge in [0.25, 0.3) is 0 Å². The molecule has 3 heterocycles. The third kappa shape index (κ3) is 3.40. The lowest BCUT2D eigenvalue weighted by atomic mass is 9.78. The summed E-state index contributed by atoms with van der Waals surface area (Å²) in [5.74, 6) is -0.589. The van der Waals surface area contributed by atoms with Crippen molar-refractivity contribution < 1.29 is 24.3 Å². The van der Waals surface area contributed by atoms with Gasteiger partial charge in [-0.3, -0.25) is 4.90 Å². The average Bonchev–Trinajstić information content (AvgIpc) is 3.09. The van der Waals surface area contributed by atoms with E-state index in [2.05, 4.69) is 14.9 Å². The van der Waals surface area contributed by atoms with E-state index in [-0.39, 0.29) is 17.4 Å². The van der Waals surface area contributed by atoms with Crippen molar-refractivity contribution in [2.75, 3.05) is 19.6 Å². The molecule has 2 aromatic rings. The molecule has 0 atom stereocenters. The number of H-pyrrole nitrogens is 1. The number of nitrogens with one attached hydrogen (secondary N) is 1. The summed E-state index contributed by atoms with van der Waals surface area (Å²) in [6.45, 7) is 2.38. The van der Waals surface area contributed by atoms with E-state index in [1.165, 1.54) is 0 Å². The number of hydrogen-bond donors (Lipinski definition) is 3. The molecular formula is C17H20BN3O5. The van der Waals surface area contributed by atoms with Crippen LogP contribution >= 0.6 is 0 Å². The molecule has 1 fully saturated rings. The van der Waals surface area contributed by atoms with Crippen molar-refractivity contribution in [2.24, 2.45) is 0 Å². The van der Waals surface area contributed by atoms with E-state index in [9.17, 15) is 14.9 Å². The Morgan fingerprint density at radius 2 is 2.31 bits per heavy atom. The van der Waals surface area contributed by atoms with Gasteiger partial charge in [0, 0.05) is 37.9 Å². The number of carboxylic acids is 1. The first-order valence-electron chi connectivity index (χ1n) is 8.70. The van der Waals surface area contributed by atoms with Gasteiger partial charge in [-0.1, -0.05) is 6.07 Å². The second-order valence-electron chi connectivity index (χ2n) is 6.67. The predicted octanol–water partition coefficient (Wildman–Crippen LogP) is 0.829. The summed E-state index contributed by atoms with van der Waals surface area (Å²) in [6, 6.07) is 3.51. The largest absolute Gasteiger partial charge is 0.535 e. The highest BCUT2D eigenvalue weighted by Gasteiger charge is 2.33. The smallest absolute Gasteiger partial charge is 0.522 e. The minimum Gasteiger partial charge on any atom is -0.535 e. The van der Waals surface area contributed by atoms with Crippen LogP contribution in [0.25, 0.3) is 0 Å². The minimum absolute atomic E-state index is 0.00263. The molecule has 9 heteroatoms. The van der Waals surface area contributed by atoms with E-state index < -0.39 is 13.1 Å². The van der Waals surface area contributed by atoms with Gasteiger partial charge in [0.15, 0.2) is 0 Å². The van der Waals surface area contributed by atoms with Crippen molar-refractivity contribution >= 4 is 13.1 Å². The number of aromatic amines is 1. The van der Waals surface area contributed by atoms with Gasteiger partial charge in [0.2, 0.25) is 0 Å². The number of hydrogen-bond acceptors (Lipinski definition) is 6. The zero-order valence-corrected chi connectivity index (χ0v) is 14.2. The molecule has 0 spiro atoms. The van der Waals surface area contributed by atoms with Crippen LogP contribution in [-0.2, 0) is 12.8 Å². The van der Waals surface area contributed by atoms with Crippen molar-refractivity contribution in [3.8, 4) is 11.5 Å². The van der Waals surface area contributed by atoms with Gasteiger partial charge in [-0.2, -0.15) is 0 Å². The first-order chi connectivity index (χ1) is 12.6. The highest BCUT2D eigenvalue weighted by atomic mass is 16.5. The zero-order valence-electron chi connectivity index (χ0n) is 14.2. The third-order valence-corrected chi connectivity index (χ3v) is 4.80. The second-order valence-corrected chi connectivity index (χ2v) is 6.67. The Morgan fingerprint density at radius 1 is 1.46 bits per heavy atom. The van der Waals surface area contributed by atoms with E-state index in [1.807, 2.05) is 12.3 Å². The standard InChI is InChI=1S/C17H20BN3O5/c22-17(23)15-14(2-1-11-3-5-18(24)26-16(11)15)25-13-8-21(9-13)6-4-12-7-19-10-20-12/h1-2,7,10,13,24H,3-6,8-9H2,(H,19,20)(H,22,23). The van der Waals surface area contributed by atoms with Gasteiger partial charge in [0.1, 0.15) is 23.2 Å². The monoisotopic (exact) mass is 357 g/mol. The molecule has 0 radical (unpaired) electrons. The Morgan fingerprint density at radius 3 is 3.04 bits per heavy atom.